The Balaban J connectivity index is 4.00. The smallest absolute Gasteiger partial charge is 0.334 e. The number of hydrogen-bond acceptors (Lipinski definition) is 4. The van der Waals surface area contributed by atoms with E-state index in [1.165, 1.54) is 4.90 Å². The number of nitrogens with zero attached hydrogens (tertiary/aromatic N) is 1. The van der Waals surface area contributed by atoms with Crippen molar-refractivity contribution in [3.63, 3.8) is 0 Å². The number of aliphatic carboxylic acids is 1. The van der Waals surface area contributed by atoms with E-state index in [1.54, 1.807) is 18.8 Å². The molecule has 1 unspecified atom stereocenters. The van der Waals surface area contributed by atoms with Gasteiger partial charge in [-0.05, 0) is 25.4 Å². The number of aliphatic hydroxyl groups excluding tert-OH is 1. The molecule has 7 heteroatoms. The van der Waals surface area contributed by atoms with Crippen LogP contribution >= 0.6 is 11.8 Å². The van der Waals surface area contributed by atoms with Crippen LogP contribution in [0.4, 0.5) is 4.79 Å². The molecule has 0 aromatic carbocycles. The van der Waals surface area contributed by atoms with Crippen molar-refractivity contribution in [2.24, 2.45) is 0 Å². The molecule has 2 atom stereocenters. The molecule has 0 rings (SSSR count). The Hall–Kier alpha value is -0.950. The van der Waals surface area contributed by atoms with Crippen molar-refractivity contribution >= 4 is 23.8 Å². The molecule has 6 nitrogen and oxygen atoms in total. The first-order valence-electron chi connectivity index (χ1n) is 5.30. The van der Waals surface area contributed by atoms with E-state index in [4.69, 9.17) is 10.2 Å². The fourth-order valence-electron chi connectivity index (χ4n) is 1.08. The molecule has 0 radical (unpaired) electrons. The van der Waals surface area contributed by atoms with Gasteiger partial charge in [0.1, 0.15) is 0 Å². The molecule has 0 saturated carbocycles. The first kappa shape index (κ1) is 16.1. The zero-order valence-electron chi connectivity index (χ0n) is 10.3. The Morgan fingerprint density at radius 2 is 2.06 bits per heavy atom. The maximum Gasteiger partial charge on any atom is 0.334 e. The van der Waals surface area contributed by atoms with Crippen LogP contribution in [-0.4, -0.2) is 64.9 Å². The molecule has 0 aliphatic rings. The van der Waals surface area contributed by atoms with Crippen molar-refractivity contribution in [2.45, 2.75) is 25.5 Å². The number of aliphatic hydroxyl groups is 1. The number of carboxylic acid groups (broad SMARTS) is 1. The van der Waals surface area contributed by atoms with Crippen LogP contribution in [0.3, 0.4) is 0 Å². The Bertz CT molecular complexity index is 263. The molecule has 17 heavy (non-hydrogen) atoms. The summed E-state index contributed by atoms with van der Waals surface area (Å²) in [4.78, 5) is 23.4. The molecule has 0 heterocycles. The fraction of sp³-hybridized carbons (Fsp3) is 0.800. The summed E-state index contributed by atoms with van der Waals surface area (Å²) in [5.74, 6) is -0.389. The maximum absolute atomic E-state index is 11.6. The lowest BCUT2D eigenvalue weighted by Gasteiger charge is -2.25. The third kappa shape index (κ3) is 6.38. The van der Waals surface area contributed by atoms with Crippen molar-refractivity contribution in [2.75, 3.05) is 25.6 Å². The largest absolute Gasteiger partial charge is 0.479 e. The quantitative estimate of drug-likeness (QED) is 0.612. The van der Waals surface area contributed by atoms with Crippen LogP contribution in [0, 0.1) is 0 Å². The predicted octanol–water partition coefficient (Wildman–Crippen LogP) is 0.215. The van der Waals surface area contributed by atoms with Gasteiger partial charge in [0.15, 0.2) is 6.10 Å². The minimum Gasteiger partial charge on any atom is -0.479 e. The molecule has 100 valence electrons. The van der Waals surface area contributed by atoms with Gasteiger partial charge in [0.05, 0.1) is 6.54 Å². The van der Waals surface area contributed by atoms with E-state index in [-0.39, 0.29) is 18.6 Å². The highest BCUT2D eigenvalue weighted by Crippen LogP contribution is 2.05. The Morgan fingerprint density at radius 3 is 2.53 bits per heavy atom. The summed E-state index contributed by atoms with van der Waals surface area (Å²) in [5, 5.41) is 19.8. The van der Waals surface area contributed by atoms with Crippen molar-refractivity contribution in [3.8, 4) is 0 Å². The number of carboxylic acids is 1. The van der Waals surface area contributed by atoms with Gasteiger partial charge in [0.25, 0.3) is 0 Å². The van der Waals surface area contributed by atoms with Crippen LogP contribution in [0.15, 0.2) is 0 Å². The summed E-state index contributed by atoms with van der Waals surface area (Å²) in [6.07, 6.45) is 1.30. The number of carbonyl (C=O) groups is 2. The van der Waals surface area contributed by atoms with Crippen LogP contribution in [0.2, 0.25) is 0 Å². The zero-order valence-corrected chi connectivity index (χ0v) is 11.2. The third-order valence-corrected chi connectivity index (χ3v) is 3.10. The van der Waals surface area contributed by atoms with Gasteiger partial charge < -0.3 is 20.4 Å². The second-order valence-electron chi connectivity index (χ2n) is 3.78. The summed E-state index contributed by atoms with van der Waals surface area (Å²) < 4.78 is 0. The highest BCUT2D eigenvalue weighted by molar-refractivity contribution is 7.98. The minimum atomic E-state index is -1.56. The highest BCUT2D eigenvalue weighted by Gasteiger charge is 2.18. The molecular formula is C10H20N2O4S. The predicted molar refractivity (Wildman–Crippen MR) is 67.3 cm³/mol. The number of urea groups is 1. The van der Waals surface area contributed by atoms with Crippen LogP contribution < -0.4 is 5.32 Å². The van der Waals surface area contributed by atoms with Crippen molar-refractivity contribution < 1.29 is 19.8 Å². The van der Waals surface area contributed by atoms with Gasteiger partial charge in [-0.2, -0.15) is 11.8 Å². The summed E-state index contributed by atoms with van der Waals surface area (Å²) >= 11 is 1.71. The van der Waals surface area contributed by atoms with Gasteiger partial charge in [-0.3, -0.25) is 0 Å². The Kier molecular flexibility index (Phi) is 7.73. The molecule has 0 fully saturated rings. The standard InChI is InChI=1S/C10H20N2O4S/c1-7(4-5-17-3)12(2)10(16)11-6-8(13)9(14)15/h7-8,13H,4-6H2,1-3H3,(H,11,16)(H,14,15)/t7?,8-/m0/s1. The second kappa shape index (κ2) is 8.19. The van der Waals surface area contributed by atoms with Gasteiger partial charge >= 0.3 is 12.0 Å². The molecule has 0 spiro atoms. The number of carbonyl (C=O) groups excluding carboxylic acids is 1. The normalized spacial score (nSPS) is 13.9. The molecule has 0 bridgehead atoms. The third-order valence-electron chi connectivity index (χ3n) is 2.45. The molecule has 0 aliphatic carbocycles. The van der Waals surface area contributed by atoms with Gasteiger partial charge in [0.2, 0.25) is 0 Å². The van der Waals surface area contributed by atoms with E-state index in [0.717, 1.165) is 12.2 Å². The SMILES string of the molecule is CSCCC(C)N(C)C(=O)NC[C@H](O)C(=O)O. The molecule has 0 aromatic heterocycles. The molecular weight excluding hydrogens is 244 g/mol. The Labute approximate surface area is 105 Å². The van der Waals surface area contributed by atoms with E-state index in [9.17, 15) is 9.59 Å². The van der Waals surface area contributed by atoms with Crippen LogP contribution in [-0.2, 0) is 4.79 Å². The number of amides is 2. The maximum atomic E-state index is 11.6. The molecule has 2 amide bonds. The molecule has 3 N–H and O–H groups in total. The first-order valence-corrected chi connectivity index (χ1v) is 6.70. The number of thioether (sulfide) groups is 1. The van der Waals surface area contributed by atoms with E-state index in [0.29, 0.717) is 0 Å². The average molecular weight is 264 g/mol. The first-order chi connectivity index (χ1) is 7.90. The summed E-state index contributed by atoms with van der Waals surface area (Å²) in [6.45, 7) is 1.64. The van der Waals surface area contributed by atoms with Gasteiger partial charge in [0, 0.05) is 13.1 Å². The topological polar surface area (TPSA) is 89.9 Å². The van der Waals surface area contributed by atoms with Crippen molar-refractivity contribution in [3.05, 3.63) is 0 Å². The summed E-state index contributed by atoms with van der Waals surface area (Å²) in [7, 11) is 1.65. The zero-order chi connectivity index (χ0) is 13.4. The number of nitrogens with one attached hydrogen (secondary N) is 1. The van der Waals surface area contributed by atoms with E-state index >= 15 is 0 Å². The van der Waals surface area contributed by atoms with E-state index in [1.807, 2.05) is 13.2 Å². The van der Waals surface area contributed by atoms with E-state index < -0.39 is 12.1 Å². The minimum absolute atomic E-state index is 0.0735. The molecule has 0 aromatic rings. The van der Waals surface area contributed by atoms with Gasteiger partial charge in [-0.1, -0.05) is 0 Å². The van der Waals surface area contributed by atoms with Crippen LogP contribution in [0.5, 0.6) is 0 Å². The van der Waals surface area contributed by atoms with Crippen molar-refractivity contribution in [1.29, 1.82) is 0 Å². The Morgan fingerprint density at radius 1 is 1.47 bits per heavy atom. The van der Waals surface area contributed by atoms with Gasteiger partial charge in [-0.15, -0.1) is 0 Å². The fourth-order valence-corrected chi connectivity index (χ4v) is 1.66. The van der Waals surface area contributed by atoms with Crippen LogP contribution in [0.1, 0.15) is 13.3 Å². The summed E-state index contributed by atoms with van der Waals surface area (Å²) in [5.41, 5.74) is 0. The van der Waals surface area contributed by atoms with Crippen molar-refractivity contribution in [1.82, 2.24) is 10.2 Å². The summed E-state index contributed by atoms with van der Waals surface area (Å²) in [6, 6.07) is -0.302. The molecule has 0 saturated heterocycles. The number of hydrogen-bond donors (Lipinski definition) is 3. The van der Waals surface area contributed by atoms with Crippen LogP contribution in [0.25, 0.3) is 0 Å². The van der Waals surface area contributed by atoms with E-state index in [2.05, 4.69) is 5.32 Å². The van der Waals surface area contributed by atoms with Gasteiger partial charge in [-0.25, -0.2) is 9.59 Å². The monoisotopic (exact) mass is 264 g/mol. The lowest BCUT2D eigenvalue weighted by atomic mass is 10.2. The highest BCUT2D eigenvalue weighted by atomic mass is 32.2. The molecule has 0 aliphatic heterocycles. The number of rotatable bonds is 7. The average Bonchev–Trinajstić information content (AvgIpc) is 2.31. The lowest BCUT2D eigenvalue weighted by molar-refractivity contribution is -0.146. The second-order valence-corrected chi connectivity index (χ2v) is 4.77. The lowest BCUT2D eigenvalue weighted by Crippen LogP contribution is -2.46.